The minimum Gasteiger partial charge on any atom is -0.299 e. The Kier molecular flexibility index (Phi) is 4.61. The highest BCUT2D eigenvalue weighted by molar-refractivity contribution is 5.66. The van der Waals surface area contributed by atoms with Gasteiger partial charge in [0.05, 0.1) is 6.20 Å². The van der Waals surface area contributed by atoms with Gasteiger partial charge >= 0.3 is 0 Å². The van der Waals surface area contributed by atoms with Gasteiger partial charge < -0.3 is 0 Å². The maximum Gasteiger partial charge on any atom is 0.0568 e. The van der Waals surface area contributed by atoms with Gasteiger partial charge in [-0.15, -0.1) is 0 Å². The highest BCUT2D eigenvalue weighted by Crippen LogP contribution is 2.34. The second kappa shape index (κ2) is 7.19. The van der Waals surface area contributed by atoms with E-state index in [1.807, 2.05) is 18.6 Å². The molecule has 2 aromatic heterocycles. The third kappa shape index (κ3) is 3.64. The topological polar surface area (TPSA) is 44.8 Å². The molecule has 0 atom stereocenters. The van der Waals surface area contributed by atoms with Crippen molar-refractivity contribution in [3.63, 3.8) is 0 Å². The van der Waals surface area contributed by atoms with Crippen molar-refractivity contribution >= 4 is 0 Å². The highest BCUT2D eigenvalue weighted by Gasteiger charge is 2.24. The lowest BCUT2D eigenvalue weighted by Crippen LogP contribution is -2.32. The SMILES string of the molecule is Cc1cccc(-c2cn[nH]c2C2CCN(Cc3ccncc3)CC2)c1. The summed E-state index contributed by atoms with van der Waals surface area (Å²) in [4.78, 5) is 6.64. The molecule has 0 amide bonds. The molecule has 0 saturated carbocycles. The second-order valence-corrected chi connectivity index (χ2v) is 6.97. The standard InChI is InChI=1S/C21H24N4/c1-16-3-2-4-19(13-16)20-14-23-24-21(20)18-7-11-25(12-8-18)15-17-5-9-22-10-6-17/h2-6,9-10,13-14,18H,7-8,11-12,15H2,1H3,(H,23,24). The predicted molar refractivity (Wildman–Crippen MR) is 100 cm³/mol. The molecule has 4 heteroatoms. The molecule has 0 unspecified atom stereocenters. The Morgan fingerprint density at radius 2 is 1.92 bits per heavy atom. The molecule has 0 aliphatic carbocycles. The zero-order chi connectivity index (χ0) is 17.1. The molecule has 0 bridgehead atoms. The van der Waals surface area contributed by atoms with Crippen molar-refractivity contribution < 1.29 is 0 Å². The zero-order valence-electron chi connectivity index (χ0n) is 14.7. The Labute approximate surface area is 148 Å². The normalized spacial score (nSPS) is 16.2. The molecule has 0 radical (unpaired) electrons. The van der Waals surface area contributed by atoms with Gasteiger partial charge in [-0.1, -0.05) is 29.8 Å². The van der Waals surface area contributed by atoms with Crippen LogP contribution in [0.3, 0.4) is 0 Å². The fourth-order valence-electron chi connectivity index (χ4n) is 3.78. The quantitative estimate of drug-likeness (QED) is 0.780. The molecule has 1 N–H and O–H groups in total. The Hall–Kier alpha value is -2.46. The van der Waals surface area contributed by atoms with Gasteiger partial charge in [-0.05, 0) is 56.1 Å². The Balaban J connectivity index is 1.44. The summed E-state index contributed by atoms with van der Waals surface area (Å²) in [5.74, 6) is 0.562. The van der Waals surface area contributed by atoms with E-state index in [4.69, 9.17) is 0 Å². The molecular weight excluding hydrogens is 308 g/mol. The number of nitrogens with one attached hydrogen (secondary N) is 1. The summed E-state index contributed by atoms with van der Waals surface area (Å²) in [6, 6.07) is 12.9. The van der Waals surface area contributed by atoms with Crippen LogP contribution in [0.25, 0.3) is 11.1 Å². The molecule has 4 rings (SSSR count). The molecule has 1 aliphatic rings. The first kappa shape index (κ1) is 16.0. The summed E-state index contributed by atoms with van der Waals surface area (Å²) in [5, 5.41) is 7.63. The zero-order valence-corrected chi connectivity index (χ0v) is 14.7. The lowest BCUT2D eigenvalue weighted by molar-refractivity contribution is 0.203. The van der Waals surface area contributed by atoms with Gasteiger partial charge in [0.1, 0.15) is 0 Å². The van der Waals surface area contributed by atoms with Crippen molar-refractivity contribution in [2.45, 2.75) is 32.2 Å². The van der Waals surface area contributed by atoms with E-state index in [0.717, 1.165) is 19.6 Å². The summed E-state index contributed by atoms with van der Waals surface area (Å²) in [5.41, 5.74) is 6.46. The number of rotatable bonds is 4. The summed E-state index contributed by atoms with van der Waals surface area (Å²) in [6.07, 6.45) is 8.08. The Bertz CT molecular complexity index is 817. The van der Waals surface area contributed by atoms with Crippen LogP contribution in [-0.2, 0) is 6.54 Å². The maximum absolute atomic E-state index is 4.34. The molecule has 1 aliphatic heterocycles. The number of aromatic nitrogens is 3. The van der Waals surface area contributed by atoms with E-state index in [2.05, 4.69) is 63.4 Å². The molecule has 128 valence electrons. The van der Waals surface area contributed by atoms with Crippen LogP contribution < -0.4 is 0 Å². The lowest BCUT2D eigenvalue weighted by Gasteiger charge is -2.32. The average molecular weight is 332 g/mol. The molecule has 1 saturated heterocycles. The van der Waals surface area contributed by atoms with Crippen LogP contribution in [0.1, 0.15) is 35.6 Å². The summed E-state index contributed by atoms with van der Waals surface area (Å²) in [6.45, 7) is 5.41. The fourth-order valence-corrected chi connectivity index (χ4v) is 3.78. The van der Waals surface area contributed by atoms with Crippen molar-refractivity contribution in [2.75, 3.05) is 13.1 Å². The minimum atomic E-state index is 0.562. The second-order valence-electron chi connectivity index (χ2n) is 6.97. The highest BCUT2D eigenvalue weighted by atomic mass is 15.1. The van der Waals surface area contributed by atoms with E-state index in [9.17, 15) is 0 Å². The van der Waals surface area contributed by atoms with Crippen LogP contribution in [0.4, 0.5) is 0 Å². The van der Waals surface area contributed by atoms with Crippen LogP contribution in [0.5, 0.6) is 0 Å². The van der Waals surface area contributed by atoms with Crippen molar-refractivity contribution in [3.05, 3.63) is 71.8 Å². The van der Waals surface area contributed by atoms with Gasteiger partial charge in [-0.3, -0.25) is 15.0 Å². The number of aryl methyl sites for hydroxylation is 1. The maximum atomic E-state index is 4.34. The van der Waals surface area contributed by atoms with Crippen molar-refractivity contribution in [2.24, 2.45) is 0 Å². The van der Waals surface area contributed by atoms with Crippen molar-refractivity contribution in [3.8, 4) is 11.1 Å². The van der Waals surface area contributed by atoms with Crippen LogP contribution in [-0.4, -0.2) is 33.2 Å². The Morgan fingerprint density at radius 3 is 2.68 bits per heavy atom. The fraction of sp³-hybridized carbons (Fsp3) is 0.333. The molecule has 3 heterocycles. The van der Waals surface area contributed by atoms with Gasteiger partial charge in [0, 0.05) is 36.1 Å². The molecule has 0 spiro atoms. The molecule has 1 fully saturated rings. The van der Waals surface area contributed by atoms with Gasteiger partial charge in [-0.25, -0.2) is 0 Å². The molecule has 25 heavy (non-hydrogen) atoms. The third-order valence-electron chi connectivity index (χ3n) is 5.15. The van der Waals surface area contributed by atoms with Gasteiger partial charge in [-0.2, -0.15) is 5.10 Å². The van der Waals surface area contributed by atoms with Crippen molar-refractivity contribution in [1.82, 2.24) is 20.1 Å². The summed E-state index contributed by atoms with van der Waals surface area (Å²) < 4.78 is 0. The number of hydrogen-bond acceptors (Lipinski definition) is 3. The van der Waals surface area contributed by atoms with Crippen LogP contribution >= 0.6 is 0 Å². The largest absolute Gasteiger partial charge is 0.299 e. The number of H-pyrrole nitrogens is 1. The summed E-state index contributed by atoms with van der Waals surface area (Å²) in [7, 11) is 0. The Morgan fingerprint density at radius 1 is 1.12 bits per heavy atom. The van der Waals surface area contributed by atoms with Gasteiger partial charge in [0.15, 0.2) is 0 Å². The molecule has 1 aromatic carbocycles. The number of likely N-dealkylation sites (tertiary alicyclic amines) is 1. The van der Waals surface area contributed by atoms with Crippen LogP contribution in [0, 0.1) is 6.92 Å². The van der Waals surface area contributed by atoms with E-state index < -0.39 is 0 Å². The molecule has 4 nitrogen and oxygen atoms in total. The first-order valence-corrected chi connectivity index (χ1v) is 9.01. The van der Waals surface area contributed by atoms with E-state index in [1.165, 1.54) is 40.8 Å². The monoisotopic (exact) mass is 332 g/mol. The number of piperidine rings is 1. The first-order chi connectivity index (χ1) is 12.3. The van der Waals surface area contributed by atoms with Crippen LogP contribution in [0.2, 0.25) is 0 Å². The number of hydrogen-bond donors (Lipinski definition) is 1. The van der Waals surface area contributed by atoms with E-state index in [1.54, 1.807) is 0 Å². The van der Waals surface area contributed by atoms with E-state index >= 15 is 0 Å². The number of benzene rings is 1. The first-order valence-electron chi connectivity index (χ1n) is 9.01. The van der Waals surface area contributed by atoms with E-state index in [-0.39, 0.29) is 0 Å². The van der Waals surface area contributed by atoms with Gasteiger partial charge in [0.25, 0.3) is 0 Å². The molecule has 3 aromatic rings. The molecular formula is C21H24N4. The number of aromatic amines is 1. The third-order valence-corrected chi connectivity index (χ3v) is 5.15. The number of nitrogens with zero attached hydrogens (tertiary/aromatic N) is 3. The van der Waals surface area contributed by atoms with Crippen LogP contribution in [0.15, 0.2) is 55.0 Å². The van der Waals surface area contributed by atoms with E-state index in [0.29, 0.717) is 5.92 Å². The minimum absolute atomic E-state index is 0.562. The lowest BCUT2D eigenvalue weighted by atomic mass is 9.89. The van der Waals surface area contributed by atoms with Crippen molar-refractivity contribution in [1.29, 1.82) is 0 Å². The average Bonchev–Trinajstić information content (AvgIpc) is 3.13. The van der Waals surface area contributed by atoms with Gasteiger partial charge in [0.2, 0.25) is 0 Å². The predicted octanol–water partition coefficient (Wildman–Crippen LogP) is 4.16. The number of pyridine rings is 1. The summed E-state index contributed by atoms with van der Waals surface area (Å²) >= 11 is 0. The smallest absolute Gasteiger partial charge is 0.0568 e.